The van der Waals surface area contributed by atoms with Crippen LogP contribution in [-0.4, -0.2) is 31.1 Å². The van der Waals surface area contributed by atoms with Crippen LogP contribution in [0.1, 0.15) is 36.5 Å². The van der Waals surface area contributed by atoms with Gasteiger partial charge in [-0.1, -0.05) is 36.8 Å². The maximum Gasteiger partial charge on any atom is 0.213 e. The number of aryl methyl sites for hydroxylation is 1. The Hall–Kier alpha value is -1.83. The van der Waals surface area contributed by atoms with Crippen molar-refractivity contribution in [1.29, 1.82) is 0 Å². The van der Waals surface area contributed by atoms with E-state index in [1.54, 1.807) is 13.3 Å². The molecule has 0 radical (unpaired) electrons. The van der Waals surface area contributed by atoms with E-state index in [-0.39, 0.29) is 24.0 Å². The third-order valence-corrected chi connectivity index (χ3v) is 3.99. The zero-order valence-electron chi connectivity index (χ0n) is 16.0. The average Bonchev–Trinajstić information content (AvgIpc) is 2.64. The Morgan fingerprint density at radius 2 is 1.92 bits per heavy atom. The number of hydrogen-bond donors (Lipinski definition) is 2. The van der Waals surface area contributed by atoms with Gasteiger partial charge in [0, 0.05) is 25.4 Å². The first kappa shape index (κ1) is 22.2. The Bertz CT molecular complexity index is 688. The maximum absolute atomic E-state index is 5.15. The first-order valence-corrected chi connectivity index (χ1v) is 8.70. The van der Waals surface area contributed by atoms with Gasteiger partial charge in [0.15, 0.2) is 5.96 Å². The van der Waals surface area contributed by atoms with Crippen LogP contribution in [0.3, 0.4) is 0 Å². The standard InChI is InChI=1S/C20H28N4O.HI/c1-5-21-20(24-14-17-10-11-22-19(12-17)25-4)23-13-16(3)18-8-6-15(2)7-9-18;/h6-12,16H,5,13-14H2,1-4H3,(H2,21,23,24);1H. The molecule has 5 nitrogen and oxygen atoms in total. The summed E-state index contributed by atoms with van der Waals surface area (Å²) in [6, 6.07) is 12.5. The highest BCUT2D eigenvalue weighted by molar-refractivity contribution is 14.0. The number of pyridine rings is 1. The van der Waals surface area contributed by atoms with Crippen molar-refractivity contribution in [2.75, 3.05) is 20.2 Å². The molecule has 0 fully saturated rings. The Kier molecular flexibility index (Phi) is 10.0. The molecule has 0 saturated carbocycles. The number of ether oxygens (including phenoxy) is 1. The van der Waals surface area contributed by atoms with Crippen molar-refractivity contribution in [3.63, 3.8) is 0 Å². The van der Waals surface area contributed by atoms with Crippen LogP contribution in [0.15, 0.2) is 47.6 Å². The fourth-order valence-corrected chi connectivity index (χ4v) is 2.44. The topological polar surface area (TPSA) is 58.5 Å². The first-order chi connectivity index (χ1) is 12.1. The van der Waals surface area contributed by atoms with E-state index in [4.69, 9.17) is 4.74 Å². The van der Waals surface area contributed by atoms with Crippen LogP contribution >= 0.6 is 24.0 Å². The fraction of sp³-hybridized carbons (Fsp3) is 0.400. The summed E-state index contributed by atoms with van der Waals surface area (Å²) in [6.45, 7) is 8.62. The number of guanidine groups is 1. The highest BCUT2D eigenvalue weighted by Crippen LogP contribution is 2.14. The Morgan fingerprint density at radius 3 is 2.58 bits per heavy atom. The van der Waals surface area contributed by atoms with E-state index in [1.807, 2.05) is 12.1 Å². The second kappa shape index (κ2) is 11.7. The quantitative estimate of drug-likeness (QED) is 0.368. The van der Waals surface area contributed by atoms with Crippen LogP contribution in [0, 0.1) is 6.92 Å². The summed E-state index contributed by atoms with van der Waals surface area (Å²) in [7, 11) is 1.62. The van der Waals surface area contributed by atoms with Crippen molar-refractivity contribution in [2.24, 2.45) is 4.99 Å². The van der Waals surface area contributed by atoms with Crippen LogP contribution in [0.4, 0.5) is 0 Å². The average molecular weight is 468 g/mol. The summed E-state index contributed by atoms with van der Waals surface area (Å²) in [5, 5.41) is 6.71. The molecule has 26 heavy (non-hydrogen) atoms. The van der Waals surface area contributed by atoms with Gasteiger partial charge in [0.2, 0.25) is 5.88 Å². The molecule has 2 N–H and O–H groups in total. The molecule has 1 aromatic heterocycles. The largest absolute Gasteiger partial charge is 0.481 e. The minimum atomic E-state index is 0. The van der Waals surface area contributed by atoms with E-state index in [9.17, 15) is 0 Å². The lowest BCUT2D eigenvalue weighted by molar-refractivity contribution is 0.397. The predicted molar refractivity (Wildman–Crippen MR) is 119 cm³/mol. The van der Waals surface area contributed by atoms with E-state index in [2.05, 4.69) is 65.6 Å². The fourth-order valence-electron chi connectivity index (χ4n) is 2.44. The molecule has 1 heterocycles. The molecular weight excluding hydrogens is 439 g/mol. The summed E-state index contributed by atoms with van der Waals surface area (Å²) < 4.78 is 5.15. The van der Waals surface area contributed by atoms with E-state index >= 15 is 0 Å². The molecule has 1 unspecified atom stereocenters. The summed E-state index contributed by atoms with van der Waals surface area (Å²) in [4.78, 5) is 8.77. The van der Waals surface area contributed by atoms with Gasteiger partial charge in [-0.25, -0.2) is 9.98 Å². The lowest BCUT2D eigenvalue weighted by atomic mass is 10.0. The number of benzene rings is 1. The molecule has 142 valence electrons. The van der Waals surface area contributed by atoms with Gasteiger partial charge in [-0.15, -0.1) is 24.0 Å². The molecule has 0 saturated heterocycles. The van der Waals surface area contributed by atoms with Crippen LogP contribution in [0.25, 0.3) is 0 Å². The normalized spacial score (nSPS) is 12.1. The zero-order valence-corrected chi connectivity index (χ0v) is 18.3. The molecule has 0 amide bonds. The van der Waals surface area contributed by atoms with Gasteiger partial charge in [-0.3, -0.25) is 0 Å². The lowest BCUT2D eigenvalue weighted by Gasteiger charge is -2.16. The van der Waals surface area contributed by atoms with E-state index in [0.29, 0.717) is 18.3 Å². The molecule has 6 heteroatoms. The summed E-state index contributed by atoms with van der Waals surface area (Å²) in [5.41, 5.74) is 3.68. The monoisotopic (exact) mass is 468 g/mol. The number of aromatic nitrogens is 1. The van der Waals surface area contributed by atoms with Gasteiger partial charge >= 0.3 is 0 Å². The molecule has 0 spiro atoms. The minimum Gasteiger partial charge on any atom is -0.481 e. The molecule has 0 aliphatic heterocycles. The van der Waals surface area contributed by atoms with Gasteiger partial charge < -0.3 is 15.4 Å². The van der Waals surface area contributed by atoms with Crippen LogP contribution in [-0.2, 0) is 6.54 Å². The second-order valence-corrected chi connectivity index (χ2v) is 6.09. The van der Waals surface area contributed by atoms with Gasteiger partial charge in [0.05, 0.1) is 13.7 Å². The molecule has 0 bridgehead atoms. The highest BCUT2D eigenvalue weighted by Gasteiger charge is 2.06. The van der Waals surface area contributed by atoms with Crippen molar-refractivity contribution in [3.05, 3.63) is 59.3 Å². The number of aliphatic imine (C=N–C) groups is 1. The number of methoxy groups -OCH3 is 1. The van der Waals surface area contributed by atoms with E-state index in [0.717, 1.165) is 24.6 Å². The molecule has 2 aromatic rings. The smallest absolute Gasteiger partial charge is 0.213 e. The summed E-state index contributed by atoms with van der Waals surface area (Å²) >= 11 is 0. The molecule has 2 rings (SSSR count). The van der Waals surface area contributed by atoms with Gasteiger partial charge in [0.1, 0.15) is 0 Å². The van der Waals surface area contributed by atoms with Gasteiger partial charge in [-0.05, 0) is 37.0 Å². The van der Waals surface area contributed by atoms with Crippen molar-refractivity contribution in [3.8, 4) is 5.88 Å². The Labute approximate surface area is 173 Å². The maximum atomic E-state index is 5.15. The number of hydrogen-bond acceptors (Lipinski definition) is 3. The summed E-state index contributed by atoms with van der Waals surface area (Å²) in [5.74, 6) is 1.83. The van der Waals surface area contributed by atoms with Crippen molar-refractivity contribution in [2.45, 2.75) is 33.2 Å². The van der Waals surface area contributed by atoms with Crippen molar-refractivity contribution >= 4 is 29.9 Å². The zero-order chi connectivity index (χ0) is 18.1. The molecule has 1 aromatic carbocycles. The minimum absolute atomic E-state index is 0. The highest BCUT2D eigenvalue weighted by atomic mass is 127. The van der Waals surface area contributed by atoms with E-state index < -0.39 is 0 Å². The molecule has 0 aliphatic rings. The summed E-state index contributed by atoms with van der Waals surface area (Å²) in [6.07, 6.45) is 1.74. The number of nitrogens with zero attached hydrogens (tertiary/aromatic N) is 2. The van der Waals surface area contributed by atoms with Crippen LogP contribution in [0.5, 0.6) is 5.88 Å². The third kappa shape index (κ3) is 7.19. The predicted octanol–water partition coefficient (Wildman–Crippen LogP) is 3.88. The second-order valence-electron chi connectivity index (χ2n) is 6.09. The molecule has 0 aliphatic carbocycles. The number of halogens is 1. The van der Waals surface area contributed by atoms with Crippen molar-refractivity contribution in [1.82, 2.24) is 15.6 Å². The van der Waals surface area contributed by atoms with Crippen LogP contribution in [0.2, 0.25) is 0 Å². The number of nitrogens with one attached hydrogen (secondary N) is 2. The van der Waals surface area contributed by atoms with E-state index in [1.165, 1.54) is 11.1 Å². The third-order valence-electron chi connectivity index (χ3n) is 3.99. The van der Waals surface area contributed by atoms with Crippen LogP contribution < -0.4 is 15.4 Å². The number of rotatable bonds is 7. The van der Waals surface area contributed by atoms with Gasteiger partial charge in [-0.2, -0.15) is 0 Å². The first-order valence-electron chi connectivity index (χ1n) is 8.70. The Balaban J connectivity index is 0.00000338. The molecule has 1 atom stereocenters. The molecular formula is C20H29IN4O. The SMILES string of the molecule is CCNC(=NCc1ccnc(OC)c1)NCC(C)c1ccc(C)cc1.I. The Morgan fingerprint density at radius 1 is 1.19 bits per heavy atom. The van der Waals surface area contributed by atoms with Crippen molar-refractivity contribution < 1.29 is 4.74 Å². The lowest BCUT2D eigenvalue weighted by Crippen LogP contribution is -2.39. The van der Waals surface area contributed by atoms with Gasteiger partial charge in [0.25, 0.3) is 0 Å².